The van der Waals surface area contributed by atoms with Crippen LogP contribution < -0.4 is 9.47 Å². The fourth-order valence-electron chi connectivity index (χ4n) is 1.31. The molecule has 0 aliphatic carbocycles. The van der Waals surface area contributed by atoms with Gasteiger partial charge < -0.3 is 9.47 Å². The van der Waals surface area contributed by atoms with Crippen molar-refractivity contribution in [2.45, 2.75) is 19.0 Å². The summed E-state index contributed by atoms with van der Waals surface area (Å²) in [5.74, 6) is -0.802. The van der Waals surface area contributed by atoms with Crippen LogP contribution in [0.1, 0.15) is 18.4 Å². The van der Waals surface area contributed by atoms with E-state index in [2.05, 4.69) is 0 Å². The van der Waals surface area contributed by atoms with E-state index in [1.165, 1.54) is 32.4 Å². The van der Waals surface area contributed by atoms with Gasteiger partial charge >= 0.3 is 6.18 Å². The third kappa shape index (κ3) is 2.59. The number of hydrogen-bond donors (Lipinski definition) is 0. The summed E-state index contributed by atoms with van der Waals surface area (Å²) in [4.78, 5) is 0. The van der Waals surface area contributed by atoms with Crippen molar-refractivity contribution in [3.05, 3.63) is 23.8 Å². The maximum absolute atomic E-state index is 12.5. The quantitative estimate of drug-likeness (QED) is 0.798. The maximum Gasteiger partial charge on any atom is 0.395 e. The van der Waals surface area contributed by atoms with E-state index in [0.29, 0.717) is 11.5 Å². The van der Waals surface area contributed by atoms with Crippen molar-refractivity contribution in [1.29, 1.82) is 0 Å². The number of ether oxygens (including phenoxy) is 2. The lowest BCUT2D eigenvalue weighted by Gasteiger charge is -2.17. The predicted octanol–water partition coefficient (Wildman–Crippen LogP) is 3.37. The van der Waals surface area contributed by atoms with E-state index in [4.69, 9.17) is 9.47 Å². The zero-order valence-corrected chi connectivity index (χ0v) is 9.26. The molecule has 0 amide bonds. The van der Waals surface area contributed by atoms with Gasteiger partial charge in [-0.1, -0.05) is 6.07 Å². The molecule has 0 heterocycles. The molecule has 0 unspecified atom stereocenters. The van der Waals surface area contributed by atoms with Crippen molar-refractivity contribution < 1.29 is 22.6 Å². The second-order valence-electron chi connectivity index (χ2n) is 3.38. The summed E-state index contributed by atoms with van der Waals surface area (Å²) in [6.07, 6.45) is -4.25. The molecule has 5 heteroatoms. The number of alkyl halides is 3. The van der Waals surface area contributed by atoms with E-state index in [0.717, 1.165) is 6.92 Å². The fraction of sp³-hybridized carbons (Fsp3) is 0.455. The molecule has 0 aliphatic rings. The lowest BCUT2D eigenvalue weighted by atomic mass is 10.0. The third-order valence-electron chi connectivity index (χ3n) is 2.40. The van der Waals surface area contributed by atoms with Crippen LogP contribution in [-0.4, -0.2) is 20.4 Å². The monoisotopic (exact) mass is 234 g/mol. The minimum Gasteiger partial charge on any atom is -0.493 e. The Morgan fingerprint density at radius 2 is 1.62 bits per heavy atom. The summed E-state index contributed by atoms with van der Waals surface area (Å²) < 4.78 is 47.3. The predicted molar refractivity (Wildman–Crippen MR) is 54.0 cm³/mol. The molecule has 0 N–H and O–H groups in total. The van der Waals surface area contributed by atoms with Gasteiger partial charge in [-0.2, -0.15) is 13.2 Å². The number of methoxy groups -OCH3 is 2. The summed E-state index contributed by atoms with van der Waals surface area (Å²) in [5, 5.41) is 0. The maximum atomic E-state index is 12.5. The molecule has 0 fully saturated rings. The molecule has 1 aromatic carbocycles. The number of hydrogen-bond acceptors (Lipinski definition) is 2. The van der Waals surface area contributed by atoms with Crippen LogP contribution in [0.15, 0.2) is 18.2 Å². The van der Waals surface area contributed by atoms with Crippen LogP contribution in [-0.2, 0) is 0 Å². The summed E-state index contributed by atoms with van der Waals surface area (Å²) in [6, 6.07) is 4.20. The molecule has 0 saturated heterocycles. The molecule has 0 aliphatic heterocycles. The first-order valence-corrected chi connectivity index (χ1v) is 4.68. The molecular weight excluding hydrogens is 221 g/mol. The number of halogens is 3. The molecule has 1 aromatic rings. The summed E-state index contributed by atoms with van der Waals surface area (Å²) in [5.41, 5.74) is 0.158. The minimum atomic E-state index is -4.25. The molecule has 0 saturated carbocycles. The SMILES string of the molecule is COc1ccc([C@@H](C)C(F)(F)F)cc1OC. The Labute approximate surface area is 92.0 Å². The zero-order chi connectivity index (χ0) is 12.3. The van der Waals surface area contributed by atoms with E-state index in [1.807, 2.05) is 0 Å². The molecule has 16 heavy (non-hydrogen) atoms. The highest BCUT2D eigenvalue weighted by atomic mass is 19.4. The first-order chi connectivity index (χ1) is 7.40. The Bertz CT molecular complexity index is 361. The Morgan fingerprint density at radius 3 is 2.06 bits per heavy atom. The summed E-state index contributed by atoms with van der Waals surface area (Å²) in [6.45, 7) is 1.11. The molecule has 1 rings (SSSR count). The second kappa shape index (κ2) is 4.63. The average Bonchev–Trinajstić information content (AvgIpc) is 2.25. The average molecular weight is 234 g/mol. The Hall–Kier alpha value is -1.39. The van der Waals surface area contributed by atoms with Gasteiger partial charge in [0.15, 0.2) is 11.5 Å². The second-order valence-corrected chi connectivity index (χ2v) is 3.38. The highest BCUT2D eigenvalue weighted by Crippen LogP contribution is 2.37. The molecule has 90 valence electrons. The van der Waals surface area contributed by atoms with Crippen molar-refractivity contribution >= 4 is 0 Å². The van der Waals surface area contributed by atoms with Gasteiger partial charge in [0.25, 0.3) is 0 Å². The first kappa shape index (κ1) is 12.7. The van der Waals surface area contributed by atoms with Crippen LogP contribution in [0.2, 0.25) is 0 Å². The van der Waals surface area contributed by atoms with Crippen molar-refractivity contribution in [3.63, 3.8) is 0 Å². The Kier molecular flexibility index (Phi) is 3.67. The normalized spacial score (nSPS) is 13.4. The largest absolute Gasteiger partial charge is 0.493 e. The standard InChI is InChI=1S/C11H13F3O2/c1-7(11(12,13)14)8-4-5-9(15-2)10(6-8)16-3/h4-7H,1-3H3/t7-/m1/s1. The molecule has 0 spiro atoms. The van der Waals surface area contributed by atoms with Gasteiger partial charge in [-0.05, 0) is 24.6 Å². The van der Waals surface area contributed by atoms with E-state index in [-0.39, 0.29) is 5.56 Å². The van der Waals surface area contributed by atoms with Crippen LogP contribution in [0.25, 0.3) is 0 Å². The van der Waals surface area contributed by atoms with Gasteiger partial charge in [0.2, 0.25) is 0 Å². The summed E-state index contributed by atoms with van der Waals surface area (Å²) in [7, 11) is 2.82. The van der Waals surface area contributed by atoms with E-state index in [9.17, 15) is 13.2 Å². The fourth-order valence-corrected chi connectivity index (χ4v) is 1.31. The van der Waals surface area contributed by atoms with Crippen LogP contribution in [0.5, 0.6) is 11.5 Å². The Balaban J connectivity index is 3.08. The third-order valence-corrected chi connectivity index (χ3v) is 2.40. The van der Waals surface area contributed by atoms with Crippen molar-refractivity contribution in [1.82, 2.24) is 0 Å². The van der Waals surface area contributed by atoms with E-state index in [1.54, 1.807) is 0 Å². The van der Waals surface area contributed by atoms with Crippen LogP contribution >= 0.6 is 0 Å². The number of benzene rings is 1. The van der Waals surface area contributed by atoms with Crippen molar-refractivity contribution in [2.24, 2.45) is 0 Å². The highest BCUT2D eigenvalue weighted by Gasteiger charge is 2.37. The van der Waals surface area contributed by atoms with Crippen molar-refractivity contribution in [3.8, 4) is 11.5 Å². The van der Waals surface area contributed by atoms with Crippen LogP contribution in [0, 0.1) is 0 Å². The molecule has 2 nitrogen and oxygen atoms in total. The van der Waals surface area contributed by atoms with Gasteiger partial charge in [-0.3, -0.25) is 0 Å². The topological polar surface area (TPSA) is 18.5 Å². The van der Waals surface area contributed by atoms with Crippen molar-refractivity contribution in [2.75, 3.05) is 14.2 Å². The molecule has 0 aromatic heterocycles. The molecule has 0 radical (unpaired) electrons. The summed E-state index contributed by atoms with van der Waals surface area (Å²) >= 11 is 0. The van der Waals surface area contributed by atoms with E-state index >= 15 is 0 Å². The lowest BCUT2D eigenvalue weighted by Crippen LogP contribution is -2.17. The van der Waals surface area contributed by atoms with Gasteiger partial charge in [0.1, 0.15) is 0 Å². The molecular formula is C11H13F3O2. The first-order valence-electron chi connectivity index (χ1n) is 4.68. The number of rotatable bonds is 3. The smallest absolute Gasteiger partial charge is 0.395 e. The lowest BCUT2D eigenvalue weighted by molar-refractivity contribution is -0.146. The van der Waals surface area contributed by atoms with Gasteiger partial charge in [-0.25, -0.2) is 0 Å². The van der Waals surface area contributed by atoms with Crippen LogP contribution in [0.3, 0.4) is 0 Å². The Morgan fingerprint density at radius 1 is 1.06 bits per heavy atom. The minimum absolute atomic E-state index is 0.158. The van der Waals surface area contributed by atoms with Gasteiger partial charge in [-0.15, -0.1) is 0 Å². The zero-order valence-electron chi connectivity index (χ0n) is 9.26. The van der Waals surface area contributed by atoms with Gasteiger partial charge in [0.05, 0.1) is 20.1 Å². The van der Waals surface area contributed by atoms with Crippen LogP contribution in [0.4, 0.5) is 13.2 Å². The molecule has 0 bridgehead atoms. The van der Waals surface area contributed by atoms with Gasteiger partial charge in [0, 0.05) is 0 Å². The molecule has 1 atom stereocenters. The van der Waals surface area contributed by atoms with E-state index < -0.39 is 12.1 Å². The highest BCUT2D eigenvalue weighted by molar-refractivity contribution is 5.44.